The quantitative estimate of drug-likeness (QED) is 0.671. The van der Waals surface area contributed by atoms with Crippen molar-refractivity contribution >= 4 is 11.8 Å². The minimum absolute atomic E-state index is 0.0140. The first kappa shape index (κ1) is 24.1. The number of hydrogen-bond acceptors (Lipinski definition) is 6. The molecule has 1 aliphatic carbocycles. The molecule has 9 nitrogen and oxygen atoms in total. The first-order chi connectivity index (χ1) is 15.5. The largest absolute Gasteiger partial charge is 0.391 e. The second-order valence-electron chi connectivity index (χ2n) is 11.8. The molecule has 1 aromatic heterocycles. The molecule has 2 aliphatic heterocycles. The van der Waals surface area contributed by atoms with Crippen LogP contribution in [-0.4, -0.2) is 74.8 Å². The van der Waals surface area contributed by atoms with Gasteiger partial charge in [-0.2, -0.15) is 0 Å². The van der Waals surface area contributed by atoms with Crippen LogP contribution in [0.5, 0.6) is 0 Å². The number of amides is 2. The van der Waals surface area contributed by atoms with Crippen molar-refractivity contribution in [2.24, 2.45) is 10.8 Å². The van der Waals surface area contributed by atoms with E-state index in [1.165, 1.54) is 4.90 Å². The number of carbonyl (C=O) groups excluding carboxylic acids is 2. The fourth-order valence-corrected chi connectivity index (χ4v) is 5.11. The van der Waals surface area contributed by atoms with Gasteiger partial charge in [-0.3, -0.25) is 9.59 Å². The summed E-state index contributed by atoms with van der Waals surface area (Å²) in [4.78, 5) is 28.5. The van der Waals surface area contributed by atoms with Gasteiger partial charge in [0.15, 0.2) is 0 Å². The summed E-state index contributed by atoms with van der Waals surface area (Å²) >= 11 is 0. The molecule has 0 spiro atoms. The molecule has 1 saturated carbocycles. The summed E-state index contributed by atoms with van der Waals surface area (Å²) < 4.78 is 7.55. The topological polar surface area (TPSA) is 110 Å². The van der Waals surface area contributed by atoms with E-state index in [0.717, 1.165) is 31.4 Å². The van der Waals surface area contributed by atoms with Crippen LogP contribution in [-0.2, 0) is 14.3 Å². The number of β-amino-alcohol motifs (C(OH)–C–C–N with tert-alkyl or cyclic N) is 1. The van der Waals surface area contributed by atoms with Crippen molar-refractivity contribution in [3.8, 4) is 0 Å². The van der Waals surface area contributed by atoms with E-state index in [1.807, 2.05) is 27.0 Å². The van der Waals surface area contributed by atoms with Gasteiger partial charge in [-0.15, -0.1) is 5.10 Å². The van der Waals surface area contributed by atoms with Crippen molar-refractivity contribution in [2.75, 3.05) is 19.7 Å². The van der Waals surface area contributed by atoms with Crippen LogP contribution in [0.3, 0.4) is 0 Å². The normalized spacial score (nSPS) is 28.5. The molecule has 3 heterocycles. The highest BCUT2D eigenvalue weighted by Crippen LogP contribution is 2.40. The molecular weight excluding hydrogens is 422 g/mol. The Morgan fingerprint density at radius 3 is 2.70 bits per heavy atom. The number of carbonyl (C=O) groups is 2. The Bertz CT molecular complexity index is 872. The van der Waals surface area contributed by atoms with Gasteiger partial charge in [0.25, 0.3) is 0 Å². The number of nitrogens with one attached hydrogen (secondary N) is 1. The molecule has 2 saturated heterocycles. The fourth-order valence-electron chi connectivity index (χ4n) is 5.11. The predicted octanol–water partition coefficient (Wildman–Crippen LogP) is 2.03. The number of ether oxygens (including phenoxy) is 1. The SMILES string of the molecule is CC1(C)CCCOC1CNC(=O)[C@@H]1C[C@@H](O)CN1C(=O)[C@@H](n1cc(C2CC2)nn1)C(C)(C)C. The fraction of sp³-hybridized carbons (Fsp3) is 0.833. The lowest BCUT2D eigenvalue weighted by molar-refractivity contribution is -0.144. The van der Waals surface area contributed by atoms with Gasteiger partial charge in [0.05, 0.1) is 17.9 Å². The van der Waals surface area contributed by atoms with Crippen molar-refractivity contribution in [2.45, 2.75) is 96.9 Å². The molecule has 1 unspecified atom stereocenters. The van der Waals surface area contributed by atoms with Gasteiger partial charge in [-0.1, -0.05) is 39.8 Å². The Morgan fingerprint density at radius 2 is 2.06 bits per heavy atom. The standard InChI is InChI=1S/C24H39N5O4/c1-23(2,3)20(29-14-17(26-27-29)15-7-8-15)22(32)28-13-16(30)11-18(28)21(31)25-12-19-24(4,5)9-6-10-33-19/h14-16,18-20,30H,6-13H2,1-5H3,(H,25,31)/t16-,18+,19?,20-/m1/s1. The van der Waals surface area contributed by atoms with Gasteiger partial charge >= 0.3 is 0 Å². The minimum atomic E-state index is -0.731. The summed E-state index contributed by atoms with van der Waals surface area (Å²) in [5, 5.41) is 21.9. The van der Waals surface area contributed by atoms with Gasteiger partial charge < -0.3 is 20.1 Å². The zero-order valence-corrected chi connectivity index (χ0v) is 20.6. The van der Waals surface area contributed by atoms with Crippen molar-refractivity contribution in [1.29, 1.82) is 0 Å². The van der Waals surface area contributed by atoms with Crippen LogP contribution in [0.4, 0.5) is 0 Å². The van der Waals surface area contributed by atoms with Crippen molar-refractivity contribution in [3.63, 3.8) is 0 Å². The third kappa shape index (κ3) is 5.24. The van der Waals surface area contributed by atoms with Gasteiger partial charge in [0.1, 0.15) is 12.1 Å². The van der Waals surface area contributed by atoms with Gasteiger partial charge in [0.2, 0.25) is 11.8 Å². The van der Waals surface area contributed by atoms with Gasteiger partial charge in [-0.05, 0) is 36.5 Å². The monoisotopic (exact) mass is 461 g/mol. The van der Waals surface area contributed by atoms with E-state index < -0.39 is 23.6 Å². The highest BCUT2D eigenvalue weighted by atomic mass is 16.5. The summed E-state index contributed by atoms with van der Waals surface area (Å²) in [5.41, 5.74) is 0.461. The van der Waals surface area contributed by atoms with E-state index in [9.17, 15) is 14.7 Å². The zero-order chi connectivity index (χ0) is 24.0. The Hall–Kier alpha value is -2.00. The van der Waals surface area contributed by atoms with E-state index in [2.05, 4.69) is 29.5 Å². The molecule has 4 rings (SSSR count). The third-order valence-electron chi connectivity index (χ3n) is 7.32. The maximum Gasteiger partial charge on any atom is 0.248 e. The summed E-state index contributed by atoms with van der Waals surface area (Å²) in [5.74, 6) is -0.0108. The van der Waals surface area contributed by atoms with Gasteiger partial charge in [0, 0.05) is 38.2 Å². The molecule has 1 aromatic rings. The lowest BCUT2D eigenvalue weighted by Crippen LogP contribution is -2.52. The Morgan fingerprint density at radius 1 is 1.33 bits per heavy atom. The minimum Gasteiger partial charge on any atom is -0.391 e. The maximum absolute atomic E-state index is 13.8. The van der Waals surface area contributed by atoms with E-state index in [-0.39, 0.29) is 36.3 Å². The molecule has 33 heavy (non-hydrogen) atoms. The number of aliphatic hydroxyl groups excluding tert-OH is 1. The smallest absolute Gasteiger partial charge is 0.248 e. The summed E-state index contributed by atoms with van der Waals surface area (Å²) in [6.45, 7) is 11.5. The van der Waals surface area contributed by atoms with E-state index in [4.69, 9.17) is 4.74 Å². The highest BCUT2D eigenvalue weighted by molar-refractivity contribution is 5.90. The van der Waals surface area contributed by atoms with Crippen LogP contribution in [0, 0.1) is 10.8 Å². The summed E-state index contributed by atoms with van der Waals surface area (Å²) in [7, 11) is 0. The van der Waals surface area contributed by atoms with Crippen molar-refractivity contribution in [1.82, 2.24) is 25.2 Å². The van der Waals surface area contributed by atoms with E-state index >= 15 is 0 Å². The summed E-state index contributed by atoms with van der Waals surface area (Å²) in [6.07, 6.45) is 5.59. The average Bonchev–Trinajstić information content (AvgIpc) is 3.33. The molecule has 0 bridgehead atoms. The number of rotatable bonds is 6. The van der Waals surface area contributed by atoms with Crippen LogP contribution in [0.2, 0.25) is 0 Å². The van der Waals surface area contributed by atoms with E-state index in [0.29, 0.717) is 19.1 Å². The first-order valence-corrected chi connectivity index (χ1v) is 12.3. The molecule has 184 valence electrons. The predicted molar refractivity (Wildman–Crippen MR) is 122 cm³/mol. The van der Waals surface area contributed by atoms with Crippen molar-refractivity contribution in [3.05, 3.63) is 11.9 Å². The molecule has 0 radical (unpaired) electrons. The molecule has 0 aromatic carbocycles. The Kier molecular flexibility index (Phi) is 6.57. The van der Waals surface area contributed by atoms with Crippen LogP contribution in [0.1, 0.15) is 84.4 Å². The molecule has 3 fully saturated rings. The molecular formula is C24H39N5O4. The van der Waals surface area contributed by atoms with Crippen molar-refractivity contribution < 1.29 is 19.4 Å². The maximum atomic E-state index is 13.8. The number of likely N-dealkylation sites (tertiary alicyclic amines) is 1. The number of hydrogen-bond donors (Lipinski definition) is 2. The number of nitrogens with zero attached hydrogens (tertiary/aromatic N) is 4. The molecule has 9 heteroatoms. The second-order valence-corrected chi connectivity index (χ2v) is 11.8. The Balaban J connectivity index is 1.48. The molecule has 3 aliphatic rings. The van der Waals surface area contributed by atoms with Crippen LogP contribution >= 0.6 is 0 Å². The third-order valence-corrected chi connectivity index (χ3v) is 7.32. The number of aromatic nitrogens is 3. The molecule has 2 N–H and O–H groups in total. The average molecular weight is 462 g/mol. The zero-order valence-electron chi connectivity index (χ0n) is 20.6. The molecule has 4 atom stereocenters. The van der Waals surface area contributed by atoms with Crippen LogP contribution in [0.25, 0.3) is 0 Å². The Labute approximate surface area is 196 Å². The van der Waals surface area contributed by atoms with Crippen LogP contribution in [0.15, 0.2) is 6.20 Å². The number of aliphatic hydroxyl groups is 1. The second kappa shape index (κ2) is 8.98. The first-order valence-electron chi connectivity index (χ1n) is 12.3. The summed E-state index contributed by atoms with van der Waals surface area (Å²) in [6, 6.07) is -1.32. The molecule has 2 amide bonds. The highest BCUT2D eigenvalue weighted by Gasteiger charge is 2.46. The van der Waals surface area contributed by atoms with Gasteiger partial charge in [-0.25, -0.2) is 4.68 Å². The lowest BCUT2D eigenvalue weighted by Gasteiger charge is -2.39. The van der Waals surface area contributed by atoms with Crippen LogP contribution < -0.4 is 5.32 Å². The lowest BCUT2D eigenvalue weighted by atomic mass is 9.80. The van der Waals surface area contributed by atoms with E-state index in [1.54, 1.807) is 4.68 Å².